The molecular formula is C22H26FN3O6S2. The smallest absolute Gasteiger partial charge is 0.229 e. The van der Waals surface area contributed by atoms with Crippen LogP contribution in [0, 0.1) is 12.7 Å². The molecule has 12 heteroatoms. The summed E-state index contributed by atoms with van der Waals surface area (Å²) < 4.78 is 76.9. The fourth-order valence-corrected chi connectivity index (χ4v) is 8.07. The van der Waals surface area contributed by atoms with Gasteiger partial charge in [-0.1, -0.05) is 0 Å². The molecule has 3 aliphatic rings. The normalized spacial score (nSPS) is 25.3. The topological polar surface area (TPSA) is 116 Å². The van der Waals surface area contributed by atoms with Crippen LogP contribution in [0.3, 0.4) is 0 Å². The van der Waals surface area contributed by atoms with Crippen LogP contribution in [0.2, 0.25) is 0 Å². The number of aromatic nitrogens is 2. The van der Waals surface area contributed by atoms with Gasteiger partial charge < -0.3 is 9.47 Å². The lowest BCUT2D eigenvalue weighted by molar-refractivity contribution is 0.0911. The summed E-state index contributed by atoms with van der Waals surface area (Å²) in [7, 11) is -6.78. The zero-order chi connectivity index (χ0) is 24.3. The monoisotopic (exact) mass is 511 g/mol. The van der Waals surface area contributed by atoms with E-state index in [9.17, 15) is 21.2 Å². The van der Waals surface area contributed by atoms with E-state index >= 15 is 0 Å². The summed E-state index contributed by atoms with van der Waals surface area (Å²) >= 11 is 0. The van der Waals surface area contributed by atoms with Crippen molar-refractivity contribution in [3.63, 3.8) is 0 Å². The van der Waals surface area contributed by atoms with E-state index in [4.69, 9.17) is 9.47 Å². The summed E-state index contributed by atoms with van der Waals surface area (Å²) in [6, 6.07) is 3.42. The Bertz CT molecular complexity index is 1320. The molecule has 0 N–H and O–H groups in total. The predicted octanol–water partition coefficient (Wildman–Crippen LogP) is 2.99. The average molecular weight is 512 g/mol. The molecule has 1 saturated carbocycles. The largest absolute Gasteiger partial charge is 0.474 e. The molecule has 184 valence electrons. The number of piperidine rings is 1. The molecule has 1 aliphatic carbocycles. The Kier molecular flexibility index (Phi) is 5.80. The Balaban J connectivity index is 1.31. The van der Waals surface area contributed by atoms with Crippen LogP contribution in [-0.2, 0) is 19.9 Å². The third-order valence-electron chi connectivity index (χ3n) is 6.68. The molecule has 5 rings (SSSR count). The molecule has 0 amide bonds. The molecule has 2 bridgehead atoms. The third-order valence-corrected chi connectivity index (χ3v) is 10.3. The van der Waals surface area contributed by atoms with Gasteiger partial charge in [-0.2, -0.15) is 4.31 Å². The maximum atomic E-state index is 14.7. The number of ether oxygens (including phenoxy) is 2. The molecule has 1 aromatic carbocycles. The Labute approximate surface area is 198 Å². The maximum absolute atomic E-state index is 14.7. The fourth-order valence-electron chi connectivity index (χ4n) is 4.94. The van der Waals surface area contributed by atoms with Gasteiger partial charge in [0, 0.05) is 24.9 Å². The third kappa shape index (κ3) is 4.38. The van der Waals surface area contributed by atoms with Crippen molar-refractivity contribution < 1.29 is 30.7 Å². The van der Waals surface area contributed by atoms with E-state index in [1.54, 1.807) is 11.2 Å². The van der Waals surface area contributed by atoms with Crippen molar-refractivity contribution in [1.29, 1.82) is 0 Å². The zero-order valence-corrected chi connectivity index (χ0v) is 20.5. The molecule has 3 heterocycles. The lowest BCUT2D eigenvalue weighted by atomic mass is 10.0. The Morgan fingerprint density at radius 1 is 1.00 bits per heavy atom. The number of nitrogens with zero attached hydrogens (tertiary/aromatic N) is 3. The van der Waals surface area contributed by atoms with E-state index in [0.717, 1.165) is 18.9 Å². The zero-order valence-electron chi connectivity index (χ0n) is 18.8. The van der Waals surface area contributed by atoms with Gasteiger partial charge in [-0.05, 0) is 50.8 Å². The SMILES string of the molecule is Cc1c(Oc2ccc(S(=O)(=O)C3CC3)cc2F)ncnc1OC1CC2CCC(C1)N2S(C)(=O)=O. The average Bonchev–Trinajstić information content (AvgIpc) is 3.57. The van der Waals surface area contributed by atoms with Crippen LogP contribution < -0.4 is 9.47 Å². The van der Waals surface area contributed by atoms with Crippen molar-refractivity contribution in [2.75, 3.05) is 6.26 Å². The van der Waals surface area contributed by atoms with Crippen molar-refractivity contribution in [3.05, 3.63) is 35.9 Å². The quantitative estimate of drug-likeness (QED) is 0.557. The van der Waals surface area contributed by atoms with Gasteiger partial charge in [0.25, 0.3) is 0 Å². The van der Waals surface area contributed by atoms with Gasteiger partial charge in [-0.15, -0.1) is 0 Å². The van der Waals surface area contributed by atoms with Crippen LogP contribution in [0.25, 0.3) is 0 Å². The molecule has 2 aromatic rings. The summed E-state index contributed by atoms with van der Waals surface area (Å²) in [5.41, 5.74) is 0.467. The summed E-state index contributed by atoms with van der Waals surface area (Å²) in [6.45, 7) is 1.69. The minimum Gasteiger partial charge on any atom is -0.474 e. The maximum Gasteiger partial charge on any atom is 0.229 e. The van der Waals surface area contributed by atoms with Crippen molar-refractivity contribution in [2.24, 2.45) is 0 Å². The summed E-state index contributed by atoms with van der Waals surface area (Å²) in [5, 5.41) is -0.429. The van der Waals surface area contributed by atoms with Crippen LogP contribution in [0.4, 0.5) is 4.39 Å². The summed E-state index contributed by atoms with van der Waals surface area (Å²) in [6.07, 6.45) is 6.22. The highest BCUT2D eigenvalue weighted by molar-refractivity contribution is 7.92. The minimum absolute atomic E-state index is 0.0571. The number of halogens is 1. The fraction of sp³-hybridized carbons (Fsp3) is 0.545. The van der Waals surface area contributed by atoms with E-state index in [1.165, 1.54) is 24.7 Å². The number of sulfonamides is 1. The standard InChI is InChI=1S/C22H26FN3O6S2/c1-13-21(31-16-9-14-3-4-15(10-16)26(14)33(2,27)28)24-12-25-22(13)32-20-8-7-18(11-19(20)23)34(29,30)17-5-6-17/h7-8,11-12,14-17H,3-6,9-10H2,1-2H3. The van der Waals surface area contributed by atoms with Crippen molar-refractivity contribution in [1.82, 2.24) is 14.3 Å². The van der Waals surface area contributed by atoms with E-state index < -0.39 is 30.9 Å². The first-order valence-corrected chi connectivity index (χ1v) is 14.6. The molecular weight excluding hydrogens is 485 g/mol. The number of hydrogen-bond donors (Lipinski definition) is 0. The number of benzene rings is 1. The Morgan fingerprint density at radius 2 is 1.65 bits per heavy atom. The lowest BCUT2D eigenvalue weighted by Gasteiger charge is -2.36. The molecule has 9 nitrogen and oxygen atoms in total. The van der Waals surface area contributed by atoms with Gasteiger partial charge in [0.15, 0.2) is 21.4 Å². The highest BCUT2D eigenvalue weighted by Gasteiger charge is 2.46. The first-order chi connectivity index (χ1) is 16.0. The van der Waals surface area contributed by atoms with Crippen LogP contribution in [0.1, 0.15) is 44.1 Å². The molecule has 2 saturated heterocycles. The second-order valence-electron chi connectivity index (χ2n) is 9.24. The van der Waals surface area contributed by atoms with E-state index in [1.807, 2.05) is 0 Å². The second kappa shape index (κ2) is 8.42. The number of fused-ring (bicyclic) bond motifs is 2. The van der Waals surface area contributed by atoms with Gasteiger partial charge in [-0.25, -0.2) is 31.2 Å². The summed E-state index contributed by atoms with van der Waals surface area (Å²) in [4.78, 5) is 8.21. The summed E-state index contributed by atoms with van der Waals surface area (Å²) in [5.74, 6) is -0.567. The molecule has 2 unspecified atom stereocenters. The van der Waals surface area contributed by atoms with Crippen LogP contribution >= 0.6 is 0 Å². The second-order valence-corrected chi connectivity index (χ2v) is 13.4. The van der Waals surface area contributed by atoms with E-state index in [2.05, 4.69) is 9.97 Å². The molecule has 2 aliphatic heterocycles. The van der Waals surface area contributed by atoms with Crippen LogP contribution in [0.5, 0.6) is 17.5 Å². The first-order valence-electron chi connectivity index (χ1n) is 11.2. The van der Waals surface area contributed by atoms with Crippen molar-refractivity contribution in [3.8, 4) is 17.5 Å². The van der Waals surface area contributed by atoms with Crippen LogP contribution in [0.15, 0.2) is 29.4 Å². The molecule has 0 spiro atoms. The van der Waals surface area contributed by atoms with Gasteiger partial charge >= 0.3 is 0 Å². The number of rotatable bonds is 7. The predicted molar refractivity (Wildman–Crippen MR) is 121 cm³/mol. The van der Waals surface area contributed by atoms with Gasteiger partial charge in [0.05, 0.1) is 22.0 Å². The Hall–Kier alpha value is -2.31. The molecule has 0 radical (unpaired) electrons. The van der Waals surface area contributed by atoms with Gasteiger partial charge in [0.2, 0.25) is 21.8 Å². The van der Waals surface area contributed by atoms with E-state index in [-0.39, 0.29) is 40.6 Å². The number of hydrogen-bond acceptors (Lipinski definition) is 8. The van der Waals surface area contributed by atoms with Gasteiger partial charge in [0.1, 0.15) is 12.4 Å². The first kappa shape index (κ1) is 23.4. The Morgan fingerprint density at radius 3 is 2.24 bits per heavy atom. The highest BCUT2D eigenvalue weighted by atomic mass is 32.2. The molecule has 34 heavy (non-hydrogen) atoms. The molecule has 1 aromatic heterocycles. The molecule has 3 fully saturated rings. The van der Waals surface area contributed by atoms with Crippen LogP contribution in [-0.4, -0.2) is 60.8 Å². The van der Waals surface area contributed by atoms with E-state index in [0.29, 0.717) is 31.2 Å². The highest BCUT2D eigenvalue weighted by Crippen LogP contribution is 2.40. The van der Waals surface area contributed by atoms with Crippen molar-refractivity contribution in [2.45, 2.75) is 73.8 Å². The lowest BCUT2D eigenvalue weighted by Crippen LogP contribution is -2.48. The number of sulfone groups is 1. The minimum atomic E-state index is -3.51. The van der Waals surface area contributed by atoms with Gasteiger partial charge in [-0.3, -0.25) is 0 Å². The molecule has 2 atom stereocenters. The van der Waals surface area contributed by atoms with Crippen molar-refractivity contribution >= 4 is 19.9 Å².